The Labute approximate surface area is 176 Å². The molecule has 0 saturated heterocycles. The Kier molecular flexibility index (Phi) is 6.39. The summed E-state index contributed by atoms with van der Waals surface area (Å²) >= 11 is 6.15. The monoisotopic (exact) mass is 437 g/mol. The number of fused-ring (bicyclic) bond motifs is 1. The van der Waals surface area contributed by atoms with E-state index < -0.39 is 21.9 Å². The van der Waals surface area contributed by atoms with Gasteiger partial charge in [-0.25, -0.2) is 8.42 Å². The van der Waals surface area contributed by atoms with Crippen LogP contribution in [0.3, 0.4) is 0 Å². The fourth-order valence-corrected chi connectivity index (χ4v) is 5.21. The number of hydrogen-bond acceptors (Lipinski definition) is 4. The fourth-order valence-electron chi connectivity index (χ4n) is 3.52. The molecule has 6 nitrogen and oxygen atoms in total. The van der Waals surface area contributed by atoms with E-state index in [1.54, 1.807) is 24.3 Å². The van der Waals surface area contributed by atoms with Gasteiger partial charge >= 0.3 is 5.97 Å². The molecule has 1 heterocycles. The van der Waals surface area contributed by atoms with Gasteiger partial charge in [-0.2, -0.15) is 0 Å². The third-order valence-corrected chi connectivity index (χ3v) is 7.44. The van der Waals surface area contributed by atoms with E-state index in [-0.39, 0.29) is 18.9 Å². The van der Waals surface area contributed by atoms with Crippen molar-refractivity contribution < 1.29 is 23.1 Å². The van der Waals surface area contributed by atoms with E-state index in [4.69, 9.17) is 16.3 Å². The lowest BCUT2D eigenvalue weighted by atomic mass is 9.94. The van der Waals surface area contributed by atoms with Gasteiger partial charge in [0.1, 0.15) is 5.75 Å². The molecule has 1 aliphatic heterocycles. The first kappa shape index (κ1) is 21.5. The number of carboxylic acids is 1. The molecule has 0 fully saturated rings. The number of anilines is 1. The summed E-state index contributed by atoms with van der Waals surface area (Å²) in [4.78, 5) is 11.5. The van der Waals surface area contributed by atoms with E-state index in [1.165, 1.54) is 4.31 Å². The van der Waals surface area contributed by atoms with Crippen LogP contribution in [0, 0.1) is 19.8 Å². The number of halogens is 1. The van der Waals surface area contributed by atoms with Crippen LogP contribution in [0.25, 0.3) is 0 Å². The van der Waals surface area contributed by atoms with Crippen molar-refractivity contribution in [1.82, 2.24) is 0 Å². The number of aryl methyl sites for hydroxylation is 2. The quantitative estimate of drug-likeness (QED) is 0.665. The number of nitrogens with zero attached hydrogens (tertiary/aromatic N) is 1. The lowest BCUT2D eigenvalue weighted by molar-refractivity contribution is -0.141. The number of sulfonamides is 1. The second-order valence-electron chi connectivity index (χ2n) is 7.29. The maximum absolute atomic E-state index is 12.9. The van der Waals surface area contributed by atoms with Crippen molar-refractivity contribution in [2.45, 2.75) is 26.7 Å². The molecule has 1 aliphatic rings. The van der Waals surface area contributed by atoms with Crippen molar-refractivity contribution in [2.75, 3.05) is 23.2 Å². The highest BCUT2D eigenvalue weighted by molar-refractivity contribution is 7.92. The summed E-state index contributed by atoms with van der Waals surface area (Å²) in [6.07, 6.45) is 0.620. The number of para-hydroxylation sites is 1. The molecule has 0 amide bonds. The van der Waals surface area contributed by atoms with Gasteiger partial charge in [-0.05, 0) is 61.6 Å². The standard InChI is InChI=1S/C21H24ClNO5S/c1-14-10-18(11-15(2)20(14)22)28-8-5-9-29(26,27)23-13-17(21(24)25)12-16-6-3-4-7-19(16)23/h3-4,6-7,10-11,17H,5,8-9,12-13H2,1-2H3,(H,24,25). The van der Waals surface area contributed by atoms with Crippen molar-refractivity contribution in [3.05, 3.63) is 58.1 Å². The molecule has 1 N–H and O–H groups in total. The number of ether oxygens (including phenoxy) is 1. The highest BCUT2D eigenvalue weighted by Crippen LogP contribution is 2.32. The van der Waals surface area contributed by atoms with Gasteiger partial charge in [-0.15, -0.1) is 0 Å². The predicted octanol–water partition coefficient (Wildman–Crippen LogP) is 3.82. The van der Waals surface area contributed by atoms with Gasteiger partial charge in [0.15, 0.2) is 0 Å². The normalized spacial score (nSPS) is 16.4. The molecule has 1 atom stereocenters. The van der Waals surface area contributed by atoms with Crippen LogP contribution in [-0.2, 0) is 21.2 Å². The maximum Gasteiger partial charge on any atom is 0.308 e. The number of carbonyl (C=O) groups is 1. The molecule has 0 bridgehead atoms. The zero-order valence-electron chi connectivity index (χ0n) is 16.4. The molecule has 0 radical (unpaired) electrons. The Balaban J connectivity index is 1.67. The van der Waals surface area contributed by atoms with Gasteiger partial charge in [-0.3, -0.25) is 9.10 Å². The smallest absolute Gasteiger partial charge is 0.308 e. The van der Waals surface area contributed by atoms with E-state index in [2.05, 4.69) is 0 Å². The van der Waals surface area contributed by atoms with E-state index in [0.717, 1.165) is 16.7 Å². The third kappa shape index (κ3) is 4.85. The van der Waals surface area contributed by atoms with Crippen molar-refractivity contribution in [1.29, 1.82) is 0 Å². The zero-order chi connectivity index (χ0) is 21.2. The molecule has 156 valence electrons. The van der Waals surface area contributed by atoms with E-state index in [0.29, 0.717) is 29.3 Å². The first-order chi connectivity index (χ1) is 13.7. The van der Waals surface area contributed by atoms with Crippen LogP contribution in [0.4, 0.5) is 5.69 Å². The number of rotatable bonds is 7. The van der Waals surface area contributed by atoms with E-state index >= 15 is 0 Å². The first-order valence-corrected chi connectivity index (χ1v) is 11.4. The number of carboxylic acid groups (broad SMARTS) is 1. The Morgan fingerprint density at radius 3 is 2.55 bits per heavy atom. The number of hydrogen-bond donors (Lipinski definition) is 1. The minimum absolute atomic E-state index is 0.0505. The first-order valence-electron chi connectivity index (χ1n) is 9.39. The average molecular weight is 438 g/mol. The molecule has 2 aromatic carbocycles. The molecule has 0 spiro atoms. The van der Waals surface area contributed by atoms with Crippen molar-refractivity contribution in [3.63, 3.8) is 0 Å². The summed E-state index contributed by atoms with van der Waals surface area (Å²) in [5.41, 5.74) is 3.10. The molecule has 3 rings (SSSR count). The van der Waals surface area contributed by atoms with Crippen LogP contribution in [0.15, 0.2) is 36.4 Å². The molecule has 1 unspecified atom stereocenters. The summed E-state index contributed by atoms with van der Waals surface area (Å²) in [6, 6.07) is 10.7. The van der Waals surface area contributed by atoms with Gasteiger partial charge in [0.05, 0.1) is 24.0 Å². The highest BCUT2D eigenvalue weighted by atomic mass is 35.5. The Morgan fingerprint density at radius 1 is 1.24 bits per heavy atom. The van der Waals surface area contributed by atoms with Crippen molar-refractivity contribution >= 4 is 33.3 Å². The second kappa shape index (κ2) is 8.63. The SMILES string of the molecule is Cc1cc(OCCCS(=O)(=O)N2CC(C(=O)O)Cc3ccccc32)cc(C)c1Cl. The van der Waals surface area contributed by atoms with Crippen LogP contribution in [0.5, 0.6) is 5.75 Å². The predicted molar refractivity (Wildman–Crippen MR) is 113 cm³/mol. The Morgan fingerprint density at radius 2 is 1.90 bits per heavy atom. The summed E-state index contributed by atoms with van der Waals surface area (Å²) in [5.74, 6) is -1.22. The summed E-state index contributed by atoms with van der Waals surface area (Å²) < 4.78 is 32.8. The van der Waals surface area contributed by atoms with Crippen LogP contribution in [0.2, 0.25) is 5.02 Å². The van der Waals surface area contributed by atoms with Gasteiger partial charge in [0.25, 0.3) is 0 Å². The van der Waals surface area contributed by atoms with Crippen LogP contribution < -0.4 is 9.04 Å². The summed E-state index contributed by atoms with van der Waals surface area (Å²) in [7, 11) is -3.67. The lowest BCUT2D eigenvalue weighted by Crippen LogP contribution is -2.43. The maximum atomic E-state index is 12.9. The summed E-state index contributed by atoms with van der Waals surface area (Å²) in [5, 5.41) is 10.1. The second-order valence-corrected chi connectivity index (χ2v) is 9.68. The molecule has 8 heteroatoms. The van der Waals surface area contributed by atoms with Gasteiger partial charge in [-0.1, -0.05) is 29.8 Å². The Hall–Kier alpha value is -2.25. The zero-order valence-corrected chi connectivity index (χ0v) is 18.0. The summed E-state index contributed by atoms with van der Waals surface area (Å²) in [6.45, 7) is 3.96. The van der Waals surface area contributed by atoms with E-state index in [9.17, 15) is 18.3 Å². The number of benzene rings is 2. The minimum Gasteiger partial charge on any atom is -0.494 e. The van der Waals surface area contributed by atoms with Gasteiger partial charge < -0.3 is 9.84 Å². The molecular formula is C21H24ClNO5S. The van der Waals surface area contributed by atoms with Crippen LogP contribution in [-0.4, -0.2) is 38.4 Å². The average Bonchev–Trinajstić information content (AvgIpc) is 2.68. The number of aliphatic carboxylic acids is 1. The molecule has 0 aliphatic carbocycles. The van der Waals surface area contributed by atoms with Crippen LogP contribution >= 0.6 is 11.6 Å². The van der Waals surface area contributed by atoms with Crippen molar-refractivity contribution in [3.8, 4) is 5.75 Å². The molecule has 0 aromatic heterocycles. The topological polar surface area (TPSA) is 83.9 Å². The third-order valence-electron chi connectivity index (χ3n) is 5.02. The molecule has 0 saturated carbocycles. The molecular weight excluding hydrogens is 414 g/mol. The molecule has 29 heavy (non-hydrogen) atoms. The van der Waals surface area contributed by atoms with Crippen LogP contribution in [0.1, 0.15) is 23.1 Å². The van der Waals surface area contributed by atoms with Gasteiger partial charge in [0.2, 0.25) is 10.0 Å². The fraction of sp³-hybridized carbons (Fsp3) is 0.381. The lowest BCUT2D eigenvalue weighted by Gasteiger charge is -2.33. The highest BCUT2D eigenvalue weighted by Gasteiger charge is 2.34. The largest absolute Gasteiger partial charge is 0.494 e. The van der Waals surface area contributed by atoms with Gasteiger partial charge in [0, 0.05) is 11.6 Å². The van der Waals surface area contributed by atoms with Crippen molar-refractivity contribution in [2.24, 2.45) is 5.92 Å². The minimum atomic E-state index is -3.67. The van der Waals surface area contributed by atoms with E-state index in [1.807, 2.05) is 26.0 Å². The molecule has 2 aromatic rings. The Bertz CT molecular complexity index is 998.